The molecular weight excluding hydrogens is 746 g/mol. The molecule has 13 heteroatoms. The van der Waals surface area contributed by atoms with Crippen LogP contribution >= 0.6 is 23.4 Å². The number of rotatable bonds is 12. The molecule has 274 valence electrons. The Kier molecular flexibility index (Phi) is 10.8. The number of carbonyl (C=O) groups excluding carboxylic acids is 3. The van der Waals surface area contributed by atoms with Crippen molar-refractivity contribution in [2.24, 2.45) is 0 Å². The lowest BCUT2D eigenvalue weighted by Gasteiger charge is -2.48. The highest BCUT2D eigenvalue weighted by Gasteiger charge is 2.53. The van der Waals surface area contributed by atoms with Crippen molar-refractivity contribution in [3.63, 3.8) is 0 Å². The van der Waals surface area contributed by atoms with Gasteiger partial charge in [0.2, 0.25) is 0 Å². The van der Waals surface area contributed by atoms with E-state index in [4.69, 9.17) is 21.1 Å². The van der Waals surface area contributed by atoms with Gasteiger partial charge in [-0.2, -0.15) is 0 Å². The van der Waals surface area contributed by atoms with Crippen LogP contribution in [0.15, 0.2) is 150 Å². The van der Waals surface area contributed by atoms with E-state index < -0.39 is 45.3 Å². The van der Waals surface area contributed by atoms with Crippen LogP contribution in [0.2, 0.25) is 5.02 Å². The molecule has 2 amide bonds. The Morgan fingerprint density at radius 1 is 0.889 bits per heavy atom. The monoisotopic (exact) mass is 779 g/mol. The van der Waals surface area contributed by atoms with Crippen LogP contribution in [0.1, 0.15) is 33.2 Å². The van der Waals surface area contributed by atoms with Gasteiger partial charge in [-0.05, 0) is 65.2 Å². The second kappa shape index (κ2) is 15.8. The van der Waals surface area contributed by atoms with E-state index in [0.29, 0.717) is 17.2 Å². The number of anilines is 1. The molecule has 0 saturated carbocycles. The van der Waals surface area contributed by atoms with Gasteiger partial charge in [-0.25, -0.2) is 13.2 Å². The first-order chi connectivity index (χ1) is 26.2. The Balaban J connectivity index is 1.09. The van der Waals surface area contributed by atoms with Crippen molar-refractivity contribution in [3.8, 4) is 5.75 Å². The zero-order valence-electron chi connectivity index (χ0n) is 28.9. The molecule has 5 aromatic carbocycles. The SMILES string of the molecule is COc1ccc(N(Cc2ccccc2)S(=O)(=O)c2cc(C(=O)N[C@@H]3C(=O)N4C(C(=O)OC(c5ccccc5)c5ccccc5)=CCS[C@H]34)ccc2Cl)cc1. The number of nitrogens with one attached hydrogen (secondary N) is 1. The number of benzene rings is 5. The number of thioether (sulfide) groups is 1. The molecule has 0 unspecified atom stereocenters. The maximum atomic E-state index is 14.3. The standard InChI is InChI=1S/C41H34ClN3O7S2/c1-51-32-20-18-31(19-21-32)44(26-27-11-5-2-6-12-27)54(49,50)35-25-30(17-22-33(35)42)38(46)43-36-39(47)45-34(23-24-53-40(36)45)41(48)52-37(28-13-7-3-8-14-28)29-15-9-4-10-16-29/h2-23,25,36-37,40H,24,26H2,1H3,(H,43,46)/t36-,40-/m1/s1. The van der Waals surface area contributed by atoms with Crippen LogP contribution in [0.4, 0.5) is 5.69 Å². The Bertz CT molecular complexity index is 2270. The van der Waals surface area contributed by atoms with Crippen molar-refractivity contribution in [2.75, 3.05) is 17.2 Å². The second-order valence-corrected chi connectivity index (χ2v) is 15.8. The average Bonchev–Trinajstić information content (AvgIpc) is 3.21. The molecule has 0 radical (unpaired) electrons. The van der Waals surface area contributed by atoms with Gasteiger partial charge in [0.1, 0.15) is 27.8 Å². The van der Waals surface area contributed by atoms with E-state index in [1.54, 1.807) is 30.3 Å². The Labute approximate surface area is 322 Å². The van der Waals surface area contributed by atoms with Crippen LogP contribution in [-0.2, 0) is 30.9 Å². The van der Waals surface area contributed by atoms with Gasteiger partial charge >= 0.3 is 5.97 Å². The zero-order valence-corrected chi connectivity index (χ0v) is 31.3. The summed E-state index contributed by atoms with van der Waals surface area (Å²) in [6.45, 7) is -0.0106. The minimum Gasteiger partial charge on any atom is -0.497 e. The summed E-state index contributed by atoms with van der Waals surface area (Å²) >= 11 is 7.90. The van der Waals surface area contributed by atoms with Crippen molar-refractivity contribution in [2.45, 2.75) is 29.0 Å². The third-order valence-corrected chi connectivity index (χ3v) is 12.5. The van der Waals surface area contributed by atoms with Gasteiger partial charge < -0.3 is 14.8 Å². The molecule has 0 spiro atoms. The minimum absolute atomic E-state index is 0.0106. The smallest absolute Gasteiger partial charge is 0.355 e. The van der Waals surface area contributed by atoms with Gasteiger partial charge in [0.15, 0.2) is 6.10 Å². The van der Waals surface area contributed by atoms with E-state index in [-0.39, 0.29) is 27.7 Å². The molecule has 2 heterocycles. The van der Waals surface area contributed by atoms with E-state index >= 15 is 0 Å². The highest BCUT2D eigenvalue weighted by molar-refractivity contribution is 8.00. The maximum absolute atomic E-state index is 14.3. The van der Waals surface area contributed by atoms with Crippen molar-refractivity contribution < 1.29 is 32.3 Å². The molecular formula is C41H34ClN3O7S2. The fraction of sp³-hybridized carbons (Fsp3) is 0.146. The van der Waals surface area contributed by atoms with Crippen LogP contribution in [0, 0.1) is 0 Å². The fourth-order valence-corrected chi connectivity index (χ4v) is 9.43. The third-order valence-electron chi connectivity index (χ3n) is 9.06. The van der Waals surface area contributed by atoms with Crippen molar-refractivity contribution in [1.82, 2.24) is 10.2 Å². The first kappa shape index (κ1) is 36.8. The summed E-state index contributed by atoms with van der Waals surface area (Å²) in [5.74, 6) is -0.877. The lowest BCUT2D eigenvalue weighted by Crippen LogP contribution is -2.70. The Morgan fingerprint density at radius 2 is 1.50 bits per heavy atom. The van der Waals surface area contributed by atoms with E-state index in [1.807, 2.05) is 91.0 Å². The molecule has 0 bridgehead atoms. The number of halogens is 1. The third kappa shape index (κ3) is 7.45. The van der Waals surface area contributed by atoms with E-state index in [2.05, 4.69) is 5.32 Å². The molecule has 5 aromatic rings. The lowest BCUT2D eigenvalue weighted by molar-refractivity contribution is -0.153. The number of esters is 1. The maximum Gasteiger partial charge on any atom is 0.355 e. The quantitative estimate of drug-likeness (QED) is 0.106. The summed E-state index contributed by atoms with van der Waals surface area (Å²) < 4.78 is 41.2. The molecule has 1 fully saturated rings. The molecule has 2 atom stereocenters. The summed E-state index contributed by atoms with van der Waals surface area (Å²) in [7, 11) is -2.82. The second-order valence-electron chi connectivity index (χ2n) is 12.4. The molecule has 2 aliphatic rings. The molecule has 7 rings (SSSR count). The highest BCUT2D eigenvalue weighted by Crippen LogP contribution is 2.39. The normalized spacial score (nSPS) is 16.5. The van der Waals surface area contributed by atoms with Gasteiger partial charge in [-0.1, -0.05) is 103 Å². The molecule has 10 nitrogen and oxygen atoms in total. The summed E-state index contributed by atoms with van der Waals surface area (Å²) in [6.07, 6.45) is 0.941. The zero-order chi connectivity index (χ0) is 37.8. The number of β-lactam (4-membered cyclic amide) rings is 1. The van der Waals surface area contributed by atoms with Gasteiger partial charge in [-0.3, -0.25) is 18.8 Å². The number of sulfonamides is 1. The van der Waals surface area contributed by atoms with Crippen LogP contribution in [0.25, 0.3) is 0 Å². The number of methoxy groups -OCH3 is 1. The topological polar surface area (TPSA) is 122 Å². The molecule has 1 N–H and O–H groups in total. The number of ether oxygens (including phenoxy) is 2. The molecule has 0 aliphatic carbocycles. The summed E-state index contributed by atoms with van der Waals surface area (Å²) in [4.78, 5) is 41.9. The van der Waals surface area contributed by atoms with E-state index in [0.717, 1.165) is 16.7 Å². The first-order valence-corrected chi connectivity index (χ1v) is 19.8. The van der Waals surface area contributed by atoms with Gasteiger partial charge in [-0.15, -0.1) is 11.8 Å². The largest absolute Gasteiger partial charge is 0.497 e. The predicted molar refractivity (Wildman–Crippen MR) is 208 cm³/mol. The van der Waals surface area contributed by atoms with Crippen LogP contribution in [0.3, 0.4) is 0 Å². The number of nitrogens with zero attached hydrogens (tertiary/aromatic N) is 2. The number of hydrogen-bond donors (Lipinski definition) is 1. The summed E-state index contributed by atoms with van der Waals surface area (Å²) in [5, 5.41) is 2.09. The summed E-state index contributed by atoms with van der Waals surface area (Å²) in [6, 6.07) is 37.3. The highest BCUT2D eigenvalue weighted by atomic mass is 35.5. The number of fused-ring (bicyclic) bond motifs is 1. The van der Waals surface area contributed by atoms with Crippen molar-refractivity contribution in [1.29, 1.82) is 0 Å². The van der Waals surface area contributed by atoms with E-state index in [1.165, 1.54) is 46.3 Å². The Morgan fingerprint density at radius 3 is 2.11 bits per heavy atom. The predicted octanol–water partition coefficient (Wildman–Crippen LogP) is 6.97. The number of amides is 2. The van der Waals surface area contributed by atoms with Crippen LogP contribution in [-0.4, -0.2) is 55.4 Å². The van der Waals surface area contributed by atoms with Gasteiger partial charge in [0.05, 0.1) is 24.4 Å². The average molecular weight is 780 g/mol. The van der Waals surface area contributed by atoms with Crippen LogP contribution < -0.4 is 14.4 Å². The number of hydrogen-bond acceptors (Lipinski definition) is 8. The fourth-order valence-electron chi connectivity index (χ4n) is 6.28. The molecule has 0 aromatic heterocycles. The van der Waals surface area contributed by atoms with Gasteiger partial charge in [0, 0.05) is 11.3 Å². The molecule has 54 heavy (non-hydrogen) atoms. The van der Waals surface area contributed by atoms with Gasteiger partial charge in [0.25, 0.3) is 21.8 Å². The van der Waals surface area contributed by atoms with Crippen molar-refractivity contribution in [3.05, 3.63) is 173 Å². The summed E-state index contributed by atoms with van der Waals surface area (Å²) in [5.41, 5.74) is 2.73. The number of carbonyl (C=O) groups is 3. The van der Waals surface area contributed by atoms with E-state index in [9.17, 15) is 22.8 Å². The lowest BCUT2D eigenvalue weighted by atomic mass is 10.0. The van der Waals surface area contributed by atoms with Crippen molar-refractivity contribution >= 4 is 56.9 Å². The van der Waals surface area contributed by atoms with Crippen LogP contribution in [0.5, 0.6) is 5.75 Å². The molecule has 1 saturated heterocycles. The Hall–Kier alpha value is -5.56. The minimum atomic E-state index is -4.33. The molecule has 2 aliphatic heterocycles. The first-order valence-electron chi connectivity index (χ1n) is 16.9.